The maximum Gasteiger partial charge on any atom is 0.0732 e. The van der Waals surface area contributed by atoms with Gasteiger partial charge in [0.15, 0.2) is 0 Å². The Kier molecular flexibility index (Phi) is 1.99. The zero-order valence-corrected chi connectivity index (χ0v) is 5.83. The van der Waals surface area contributed by atoms with Crippen molar-refractivity contribution in [3.63, 3.8) is 0 Å². The van der Waals surface area contributed by atoms with E-state index in [1.807, 2.05) is 12.3 Å². The van der Waals surface area contributed by atoms with Gasteiger partial charge in [0.1, 0.15) is 0 Å². The van der Waals surface area contributed by atoms with E-state index in [4.69, 9.17) is 0 Å². The van der Waals surface area contributed by atoms with E-state index in [1.165, 1.54) is 0 Å². The fourth-order valence-electron chi connectivity index (χ4n) is 0.650. The highest BCUT2D eigenvalue weighted by molar-refractivity contribution is 5.19. The predicted octanol–water partition coefficient (Wildman–Crippen LogP) is 0.245. The average molecular weight is 135 g/mol. The third-order valence-electron chi connectivity index (χ3n) is 1.17. The maximum absolute atomic E-state index is 3.77. The molecule has 0 aliphatic rings. The second-order valence-corrected chi connectivity index (χ2v) is 1.86. The summed E-state index contributed by atoms with van der Waals surface area (Å²) in [5.41, 5.74) is 0. The first-order chi connectivity index (χ1) is 4.84. The Balaban J connectivity index is 3.16. The van der Waals surface area contributed by atoms with Crippen molar-refractivity contribution in [3.8, 4) is 0 Å². The van der Waals surface area contributed by atoms with Gasteiger partial charge >= 0.3 is 0 Å². The Hall–Kier alpha value is -1.38. The van der Waals surface area contributed by atoms with Crippen LogP contribution < -0.4 is 10.6 Å². The van der Waals surface area contributed by atoms with Gasteiger partial charge in [-0.15, -0.1) is 0 Å². The molecule has 0 unspecified atom stereocenters. The van der Waals surface area contributed by atoms with Crippen LogP contribution in [0.3, 0.4) is 0 Å². The first-order valence-electron chi connectivity index (χ1n) is 2.96. The highest BCUT2D eigenvalue weighted by Gasteiger charge is 1.78. The highest BCUT2D eigenvalue weighted by atomic mass is 15.1. The first kappa shape index (κ1) is 6.74. The summed E-state index contributed by atoms with van der Waals surface area (Å²) in [5.74, 6) is 0. The maximum atomic E-state index is 3.77. The van der Waals surface area contributed by atoms with Gasteiger partial charge in [-0.2, -0.15) is 10.2 Å². The van der Waals surface area contributed by atoms with Gasteiger partial charge in [-0.05, 0) is 11.3 Å². The van der Waals surface area contributed by atoms with Crippen LogP contribution in [0.1, 0.15) is 0 Å². The standard InChI is InChI=1S/C7H9N3/c1-6-3-4-9-7(6)5-10-8-2/h3-5,9H,1H2,2H3/b7-5+,10-8?. The van der Waals surface area contributed by atoms with Crippen molar-refractivity contribution in [2.45, 2.75) is 0 Å². The summed E-state index contributed by atoms with van der Waals surface area (Å²) >= 11 is 0. The number of rotatable bonds is 1. The van der Waals surface area contributed by atoms with Crippen molar-refractivity contribution in [1.29, 1.82) is 0 Å². The number of nitrogens with zero attached hydrogens (tertiary/aromatic N) is 2. The molecule has 0 bridgehead atoms. The molecule has 1 N–H and O–H groups in total. The average Bonchev–Trinajstić information content (AvgIpc) is 2.31. The normalized spacial score (nSPS) is 13.1. The highest BCUT2D eigenvalue weighted by Crippen LogP contribution is 1.68. The Morgan fingerprint density at radius 1 is 1.70 bits per heavy atom. The SMILES string of the molecule is C=c1cc[nH]/c1=C/N=NC. The molecule has 0 spiro atoms. The quantitative estimate of drug-likeness (QED) is 0.536. The minimum Gasteiger partial charge on any atom is -0.360 e. The van der Waals surface area contributed by atoms with E-state index < -0.39 is 0 Å². The van der Waals surface area contributed by atoms with Crippen molar-refractivity contribution in [2.24, 2.45) is 10.2 Å². The number of azo groups is 1. The fourth-order valence-corrected chi connectivity index (χ4v) is 0.650. The minimum atomic E-state index is 0.908. The summed E-state index contributed by atoms with van der Waals surface area (Å²) in [7, 11) is 1.63. The van der Waals surface area contributed by atoms with E-state index in [0.29, 0.717) is 0 Å². The smallest absolute Gasteiger partial charge is 0.0732 e. The summed E-state index contributed by atoms with van der Waals surface area (Å²) in [6.45, 7) is 3.77. The molecule has 0 saturated carbocycles. The van der Waals surface area contributed by atoms with Crippen LogP contribution in [0.2, 0.25) is 0 Å². The Bertz CT molecular complexity index is 321. The molecular weight excluding hydrogens is 126 g/mol. The van der Waals surface area contributed by atoms with Crippen LogP contribution in [0.5, 0.6) is 0 Å². The van der Waals surface area contributed by atoms with Crippen molar-refractivity contribution in [3.05, 3.63) is 22.8 Å². The molecule has 0 atom stereocenters. The number of hydrogen-bond donors (Lipinski definition) is 1. The lowest BCUT2D eigenvalue weighted by Crippen LogP contribution is -2.19. The Morgan fingerprint density at radius 2 is 2.50 bits per heavy atom. The van der Waals surface area contributed by atoms with Gasteiger partial charge in [-0.25, -0.2) is 0 Å². The van der Waals surface area contributed by atoms with Crippen molar-refractivity contribution in [1.82, 2.24) is 4.98 Å². The van der Waals surface area contributed by atoms with Crippen LogP contribution in [0.25, 0.3) is 12.8 Å². The lowest BCUT2D eigenvalue weighted by Gasteiger charge is -1.72. The number of nitrogens with one attached hydrogen (secondary N) is 1. The van der Waals surface area contributed by atoms with Crippen LogP contribution in [0.4, 0.5) is 0 Å². The first-order valence-corrected chi connectivity index (χ1v) is 2.96. The van der Waals surface area contributed by atoms with Gasteiger partial charge in [0.05, 0.1) is 11.5 Å². The van der Waals surface area contributed by atoms with E-state index in [-0.39, 0.29) is 0 Å². The summed E-state index contributed by atoms with van der Waals surface area (Å²) in [6.07, 6.45) is 3.46. The van der Waals surface area contributed by atoms with Gasteiger partial charge in [0.25, 0.3) is 0 Å². The summed E-state index contributed by atoms with van der Waals surface area (Å²) in [5, 5.41) is 9.12. The predicted molar refractivity (Wildman–Crippen MR) is 40.8 cm³/mol. The second-order valence-electron chi connectivity index (χ2n) is 1.86. The van der Waals surface area contributed by atoms with E-state index in [2.05, 4.69) is 21.8 Å². The molecule has 0 aromatic carbocycles. The molecule has 0 aliphatic carbocycles. The fraction of sp³-hybridized carbons (Fsp3) is 0.143. The molecule has 52 valence electrons. The number of H-pyrrole nitrogens is 1. The molecule has 3 nitrogen and oxygen atoms in total. The van der Waals surface area contributed by atoms with E-state index in [0.717, 1.165) is 10.6 Å². The molecule has 0 saturated heterocycles. The molecule has 10 heavy (non-hydrogen) atoms. The van der Waals surface area contributed by atoms with Crippen LogP contribution in [-0.2, 0) is 0 Å². The molecule has 1 aromatic rings. The Morgan fingerprint density at radius 3 is 3.00 bits per heavy atom. The minimum absolute atomic E-state index is 0.908. The van der Waals surface area contributed by atoms with Crippen molar-refractivity contribution >= 4 is 12.8 Å². The monoisotopic (exact) mass is 135 g/mol. The molecular formula is C7H9N3. The Labute approximate surface area is 58.8 Å². The third kappa shape index (κ3) is 1.31. The van der Waals surface area contributed by atoms with Crippen LogP contribution in [0, 0.1) is 0 Å². The molecule has 1 rings (SSSR count). The molecule has 3 heteroatoms. The summed E-state index contributed by atoms with van der Waals surface area (Å²) in [4.78, 5) is 2.97. The van der Waals surface area contributed by atoms with Gasteiger partial charge in [-0.1, -0.05) is 6.58 Å². The summed E-state index contributed by atoms with van der Waals surface area (Å²) in [6, 6.07) is 1.89. The zero-order chi connectivity index (χ0) is 7.40. The van der Waals surface area contributed by atoms with Crippen molar-refractivity contribution < 1.29 is 0 Å². The number of hydrogen-bond acceptors (Lipinski definition) is 2. The zero-order valence-electron chi connectivity index (χ0n) is 5.83. The molecule has 1 heterocycles. The lowest BCUT2D eigenvalue weighted by molar-refractivity contribution is 1.18. The second kappa shape index (κ2) is 2.96. The van der Waals surface area contributed by atoms with Gasteiger partial charge in [-0.3, -0.25) is 0 Å². The van der Waals surface area contributed by atoms with Crippen LogP contribution >= 0.6 is 0 Å². The number of aromatic amines is 1. The molecule has 1 aromatic heterocycles. The lowest BCUT2D eigenvalue weighted by atomic mass is 10.5. The van der Waals surface area contributed by atoms with Crippen LogP contribution in [-0.4, -0.2) is 12.0 Å². The van der Waals surface area contributed by atoms with Gasteiger partial charge < -0.3 is 4.98 Å². The summed E-state index contributed by atoms with van der Waals surface area (Å²) < 4.78 is 0. The largest absolute Gasteiger partial charge is 0.360 e. The van der Waals surface area contributed by atoms with Crippen molar-refractivity contribution in [2.75, 3.05) is 7.05 Å². The van der Waals surface area contributed by atoms with Gasteiger partial charge in [0.2, 0.25) is 0 Å². The molecule has 0 amide bonds. The van der Waals surface area contributed by atoms with E-state index in [1.54, 1.807) is 13.2 Å². The van der Waals surface area contributed by atoms with Crippen LogP contribution in [0.15, 0.2) is 22.5 Å². The molecule has 0 aliphatic heterocycles. The topological polar surface area (TPSA) is 40.5 Å². The number of aromatic nitrogens is 1. The van der Waals surface area contributed by atoms with E-state index in [9.17, 15) is 0 Å². The van der Waals surface area contributed by atoms with E-state index >= 15 is 0 Å². The molecule has 0 fully saturated rings. The molecule has 0 radical (unpaired) electrons. The third-order valence-corrected chi connectivity index (χ3v) is 1.17. The van der Waals surface area contributed by atoms with Gasteiger partial charge in [0, 0.05) is 13.2 Å².